The van der Waals surface area contributed by atoms with Gasteiger partial charge >= 0.3 is 0 Å². The van der Waals surface area contributed by atoms with Crippen molar-refractivity contribution in [1.82, 2.24) is 0 Å². The normalized spacial score (nSPS) is 12.2. The van der Waals surface area contributed by atoms with Gasteiger partial charge in [0.2, 0.25) is 0 Å². The van der Waals surface area contributed by atoms with Crippen molar-refractivity contribution in [3.8, 4) is 11.5 Å². The van der Waals surface area contributed by atoms with E-state index in [0.29, 0.717) is 22.8 Å². The minimum Gasteiger partial charge on any atom is -0.454 e. The summed E-state index contributed by atoms with van der Waals surface area (Å²) in [6, 6.07) is 10.4. The topological polar surface area (TPSA) is 35.2 Å². The molecule has 4 heteroatoms. The van der Waals surface area contributed by atoms with Crippen LogP contribution >= 0.6 is 11.6 Å². The molecule has 2 aromatic carbocycles. The van der Waals surface area contributed by atoms with Gasteiger partial charge in [0.25, 0.3) is 0 Å². The zero-order chi connectivity index (χ0) is 15.4. The molecule has 21 heavy (non-hydrogen) atoms. The Morgan fingerprint density at radius 2 is 2.00 bits per heavy atom. The van der Waals surface area contributed by atoms with Crippen molar-refractivity contribution in [2.24, 2.45) is 5.73 Å². The van der Waals surface area contributed by atoms with Crippen LogP contribution < -0.4 is 10.5 Å². The van der Waals surface area contributed by atoms with E-state index in [4.69, 9.17) is 22.1 Å². The quantitative estimate of drug-likeness (QED) is 0.856. The van der Waals surface area contributed by atoms with Crippen LogP contribution in [0.1, 0.15) is 24.5 Å². The fraction of sp³-hybridized carbons (Fsp3) is 0.294. The molecule has 2 N–H and O–H groups in total. The number of halogens is 2. The number of nitrogens with two attached hydrogens (primary N) is 1. The number of benzene rings is 2. The number of ether oxygens (including phenoxy) is 1. The lowest BCUT2D eigenvalue weighted by molar-refractivity contribution is 0.433. The van der Waals surface area contributed by atoms with Crippen LogP contribution in [0.5, 0.6) is 11.5 Å². The number of rotatable bonds is 5. The molecule has 112 valence electrons. The van der Waals surface area contributed by atoms with Gasteiger partial charge in [-0.1, -0.05) is 30.7 Å². The standard InChI is InChI=1S/C17H19ClFNO/c1-3-14(20)10-12-9-13(18)7-8-15(12)21-16-6-4-5-11(2)17(16)19/h4-9,14H,3,10,20H2,1-2H3. The molecule has 0 aliphatic rings. The van der Waals surface area contributed by atoms with E-state index in [1.807, 2.05) is 13.0 Å². The van der Waals surface area contributed by atoms with Crippen LogP contribution in [0.3, 0.4) is 0 Å². The van der Waals surface area contributed by atoms with E-state index in [0.717, 1.165) is 12.0 Å². The fourth-order valence-electron chi connectivity index (χ4n) is 2.05. The van der Waals surface area contributed by atoms with Gasteiger partial charge in [0.15, 0.2) is 11.6 Å². The van der Waals surface area contributed by atoms with E-state index in [2.05, 4.69) is 0 Å². The predicted octanol–water partition coefficient (Wildman–Crippen LogP) is 4.86. The molecule has 0 aromatic heterocycles. The van der Waals surface area contributed by atoms with Gasteiger partial charge in [0.1, 0.15) is 5.75 Å². The Kier molecular flexibility index (Phi) is 5.21. The van der Waals surface area contributed by atoms with Crippen molar-refractivity contribution in [3.63, 3.8) is 0 Å². The molecule has 0 amide bonds. The summed E-state index contributed by atoms with van der Waals surface area (Å²) < 4.78 is 19.8. The minimum absolute atomic E-state index is 0.0215. The van der Waals surface area contributed by atoms with Gasteiger partial charge in [-0.25, -0.2) is 4.39 Å². The molecule has 1 atom stereocenters. The number of aryl methyl sites for hydroxylation is 1. The average Bonchev–Trinajstić information content (AvgIpc) is 2.46. The van der Waals surface area contributed by atoms with Crippen molar-refractivity contribution < 1.29 is 9.13 Å². The maximum Gasteiger partial charge on any atom is 0.168 e. The first kappa shape index (κ1) is 15.8. The summed E-state index contributed by atoms with van der Waals surface area (Å²) in [5.74, 6) is 0.453. The Balaban J connectivity index is 2.33. The summed E-state index contributed by atoms with van der Waals surface area (Å²) >= 11 is 6.03. The van der Waals surface area contributed by atoms with E-state index in [1.165, 1.54) is 0 Å². The molecule has 2 aromatic rings. The monoisotopic (exact) mass is 307 g/mol. The Morgan fingerprint density at radius 3 is 2.71 bits per heavy atom. The van der Waals surface area contributed by atoms with Crippen molar-refractivity contribution in [2.75, 3.05) is 0 Å². The molecule has 0 aliphatic heterocycles. The van der Waals surface area contributed by atoms with Crippen LogP contribution in [-0.2, 0) is 6.42 Å². The molecule has 0 heterocycles. The SMILES string of the molecule is CCC(N)Cc1cc(Cl)ccc1Oc1cccc(C)c1F. The fourth-order valence-corrected chi connectivity index (χ4v) is 2.25. The van der Waals surface area contributed by atoms with E-state index in [-0.39, 0.29) is 17.6 Å². The summed E-state index contributed by atoms with van der Waals surface area (Å²) in [7, 11) is 0. The predicted molar refractivity (Wildman–Crippen MR) is 84.6 cm³/mol. The molecule has 0 bridgehead atoms. The second kappa shape index (κ2) is 6.92. The molecular weight excluding hydrogens is 289 g/mol. The molecule has 0 radical (unpaired) electrons. The lowest BCUT2D eigenvalue weighted by Gasteiger charge is -2.15. The first-order valence-electron chi connectivity index (χ1n) is 6.98. The molecule has 0 fully saturated rings. The third kappa shape index (κ3) is 3.96. The third-order valence-corrected chi connectivity index (χ3v) is 3.64. The minimum atomic E-state index is -0.349. The van der Waals surface area contributed by atoms with Crippen LogP contribution in [0.2, 0.25) is 5.02 Å². The van der Waals surface area contributed by atoms with E-state index in [9.17, 15) is 4.39 Å². The van der Waals surface area contributed by atoms with Crippen LogP contribution in [0.4, 0.5) is 4.39 Å². The van der Waals surface area contributed by atoms with Crippen molar-refractivity contribution in [1.29, 1.82) is 0 Å². The van der Waals surface area contributed by atoms with Gasteiger partial charge in [-0.05, 0) is 55.2 Å². The maximum absolute atomic E-state index is 14.1. The van der Waals surface area contributed by atoms with Gasteiger partial charge in [-0.3, -0.25) is 0 Å². The van der Waals surface area contributed by atoms with Crippen molar-refractivity contribution in [3.05, 3.63) is 58.4 Å². The van der Waals surface area contributed by atoms with Gasteiger partial charge in [-0.15, -0.1) is 0 Å². The zero-order valence-corrected chi connectivity index (χ0v) is 13.0. The van der Waals surface area contributed by atoms with E-state index >= 15 is 0 Å². The summed E-state index contributed by atoms with van der Waals surface area (Å²) in [5.41, 5.74) is 7.43. The maximum atomic E-state index is 14.1. The molecule has 1 unspecified atom stereocenters. The van der Waals surface area contributed by atoms with Gasteiger partial charge in [0.05, 0.1) is 0 Å². The van der Waals surface area contributed by atoms with Crippen molar-refractivity contribution in [2.45, 2.75) is 32.7 Å². The third-order valence-electron chi connectivity index (χ3n) is 3.41. The Labute approximate surface area is 129 Å². The van der Waals surface area contributed by atoms with Crippen LogP contribution in [0.25, 0.3) is 0 Å². The van der Waals surface area contributed by atoms with Gasteiger partial charge < -0.3 is 10.5 Å². The van der Waals surface area contributed by atoms with E-state index < -0.39 is 0 Å². The highest BCUT2D eigenvalue weighted by atomic mass is 35.5. The van der Waals surface area contributed by atoms with Crippen LogP contribution in [0.15, 0.2) is 36.4 Å². The van der Waals surface area contributed by atoms with Crippen LogP contribution in [0, 0.1) is 12.7 Å². The molecule has 2 nitrogen and oxygen atoms in total. The molecular formula is C17H19ClFNO. The molecule has 2 rings (SSSR count). The molecule has 0 saturated heterocycles. The molecule has 0 saturated carbocycles. The summed E-state index contributed by atoms with van der Waals surface area (Å²) in [4.78, 5) is 0. The first-order valence-corrected chi connectivity index (χ1v) is 7.36. The highest BCUT2D eigenvalue weighted by Crippen LogP contribution is 2.31. The summed E-state index contributed by atoms with van der Waals surface area (Å²) in [6.45, 7) is 3.73. The summed E-state index contributed by atoms with van der Waals surface area (Å²) in [5, 5.41) is 0.616. The second-order valence-electron chi connectivity index (χ2n) is 5.11. The highest BCUT2D eigenvalue weighted by Gasteiger charge is 2.12. The Hall–Kier alpha value is -1.58. The van der Waals surface area contributed by atoms with Crippen LogP contribution in [-0.4, -0.2) is 6.04 Å². The Bertz CT molecular complexity index is 630. The molecule has 0 aliphatic carbocycles. The summed E-state index contributed by atoms with van der Waals surface area (Å²) in [6.07, 6.45) is 1.49. The average molecular weight is 308 g/mol. The largest absolute Gasteiger partial charge is 0.454 e. The lowest BCUT2D eigenvalue weighted by atomic mass is 10.0. The second-order valence-corrected chi connectivity index (χ2v) is 5.55. The molecule has 0 spiro atoms. The van der Waals surface area contributed by atoms with Crippen molar-refractivity contribution >= 4 is 11.6 Å². The number of hydrogen-bond acceptors (Lipinski definition) is 2. The highest BCUT2D eigenvalue weighted by molar-refractivity contribution is 6.30. The first-order chi connectivity index (χ1) is 10.0. The smallest absolute Gasteiger partial charge is 0.168 e. The van der Waals surface area contributed by atoms with E-state index in [1.54, 1.807) is 37.3 Å². The van der Waals surface area contributed by atoms with Gasteiger partial charge in [0, 0.05) is 11.1 Å². The lowest BCUT2D eigenvalue weighted by Crippen LogP contribution is -2.21. The zero-order valence-electron chi connectivity index (χ0n) is 12.2. The number of hydrogen-bond donors (Lipinski definition) is 1. The van der Waals surface area contributed by atoms with Gasteiger partial charge in [-0.2, -0.15) is 0 Å². The Morgan fingerprint density at radius 1 is 1.24 bits per heavy atom.